The number of rotatable bonds is 2. The second-order valence-electron chi connectivity index (χ2n) is 4.85. The summed E-state index contributed by atoms with van der Waals surface area (Å²) in [6, 6.07) is 4.99. The fourth-order valence-electron chi connectivity index (χ4n) is 2.56. The van der Waals surface area contributed by atoms with Crippen LogP contribution in [0.3, 0.4) is 0 Å². The molecule has 1 heterocycles. The summed E-state index contributed by atoms with van der Waals surface area (Å²) in [5, 5.41) is 3.16. The van der Waals surface area contributed by atoms with Gasteiger partial charge in [-0.2, -0.15) is 13.2 Å². The first-order chi connectivity index (χ1) is 9.43. The Morgan fingerprint density at radius 3 is 2.50 bits per heavy atom. The molecule has 20 heavy (non-hydrogen) atoms. The van der Waals surface area contributed by atoms with E-state index in [1.165, 1.54) is 19.2 Å². The van der Waals surface area contributed by atoms with E-state index in [-0.39, 0.29) is 17.8 Å². The number of carbonyl (C=O) groups excluding carboxylic acids is 1. The third-order valence-corrected chi connectivity index (χ3v) is 3.65. The molecule has 1 saturated heterocycles. The molecule has 0 bridgehead atoms. The third-order valence-electron chi connectivity index (χ3n) is 3.65. The summed E-state index contributed by atoms with van der Waals surface area (Å²) in [7, 11) is 1.33. The van der Waals surface area contributed by atoms with Crippen molar-refractivity contribution >= 4 is 5.97 Å². The minimum atomic E-state index is -4.34. The van der Waals surface area contributed by atoms with Gasteiger partial charge in [0.1, 0.15) is 0 Å². The molecule has 1 aliphatic heterocycles. The Labute approximate surface area is 115 Å². The van der Waals surface area contributed by atoms with Crippen LogP contribution in [-0.4, -0.2) is 26.2 Å². The number of benzene rings is 1. The summed E-state index contributed by atoms with van der Waals surface area (Å²) in [6.07, 6.45) is -3.72. The van der Waals surface area contributed by atoms with E-state index >= 15 is 0 Å². The number of hydrogen-bond donors (Lipinski definition) is 1. The second kappa shape index (κ2) is 5.83. The van der Waals surface area contributed by atoms with Crippen LogP contribution in [0.4, 0.5) is 13.2 Å². The molecule has 0 aliphatic carbocycles. The number of esters is 1. The molecule has 0 radical (unpaired) electrons. The Kier molecular flexibility index (Phi) is 4.32. The maximum atomic E-state index is 12.5. The highest BCUT2D eigenvalue weighted by Crippen LogP contribution is 2.33. The smallest absolute Gasteiger partial charge is 0.416 e. The standard InChI is InChI=1S/C14H16F3NO2/c1-20-13(19)11-6-7-18-8-12(11)9-2-4-10(5-3-9)14(15,16)17/h2-5,11-12,18H,6-8H2,1H3/t11-,12-/m0/s1. The van der Waals surface area contributed by atoms with Crippen molar-refractivity contribution in [1.82, 2.24) is 5.32 Å². The maximum Gasteiger partial charge on any atom is 0.416 e. The van der Waals surface area contributed by atoms with Crippen LogP contribution < -0.4 is 5.32 Å². The molecule has 1 aliphatic rings. The molecular weight excluding hydrogens is 271 g/mol. The molecular formula is C14H16F3NO2. The van der Waals surface area contributed by atoms with Crippen LogP contribution in [-0.2, 0) is 15.7 Å². The van der Waals surface area contributed by atoms with Crippen molar-refractivity contribution in [3.8, 4) is 0 Å². The second-order valence-corrected chi connectivity index (χ2v) is 4.85. The lowest BCUT2D eigenvalue weighted by molar-refractivity contribution is -0.147. The number of nitrogens with one attached hydrogen (secondary N) is 1. The minimum absolute atomic E-state index is 0.154. The zero-order valence-electron chi connectivity index (χ0n) is 11.0. The number of ether oxygens (including phenoxy) is 1. The predicted octanol–water partition coefficient (Wildman–Crippen LogP) is 2.57. The minimum Gasteiger partial charge on any atom is -0.469 e. The molecule has 0 saturated carbocycles. The lowest BCUT2D eigenvalue weighted by Gasteiger charge is -2.30. The van der Waals surface area contributed by atoms with Crippen molar-refractivity contribution in [2.24, 2.45) is 5.92 Å². The highest BCUT2D eigenvalue weighted by molar-refractivity contribution is 5.73. The molecule has 1 aromatic rings. The largest absolute Gasteiger partial charge is 0.469 e. The highest BCUT2D eigenvalue weighted by atomic mass is 19.4. The number of halogens is 3. The van der Waals surface area contributed by atoms with Crippen LogP contribution in [0.5, 0.6) is 0 Å². The summed E-state index contributed by atoms with van der Waals surface area (Å²) in [6.45, 7) is 1.27. The third kappa shape index (κ3) is 3.12. The van der Waals surface area contributed by atoms with E-state index in [0.29, 0.717) is 19.5 Å². The lowest BCUT2D eigenvalue weighted by Crippen LogP contribution is -2.39. The number of carbonyl (C=O) groups is 1. The van der Waals surface area contributed by atoms with Gasteiger partial charge >= 0.3 is 12.1 Å². The van der Waals surface area contributed by atoms with Gasteiger partial charge in [0.2, 0.25) is 0 Å². The van der Waals surface area contributed by atoms with Gasteiger partial charge in [-0.1, -0.05) is 12.1 Å². The van der Waals surface area contributed by atoms with Crippen molar-refractivity contribution in [2.45, 2.75) is 18.5 Å². The van der Waals surface area contributed by atoms with E-state index in [0.717, 1.165) is 17.7 Å². The summed E-state index contributed by atoms with van der Waals surface area (Å²) in [4.78, 5) is 11.7. The van der Waals surface area contributed by atoms with Crippen LogP contribution >= 0.6 is 0 Å². The van der Waals surface area contributed by atoms with E-state index in [1.807, 2.05) is 0 Å². The van der Waals surface area contributed by atoms with Crippen LogP contribution in [0.25, 0.3) is 0 Å². The van der Waals surface area contributed by atoms with Crippen LogP contribution in [0, 0.1) is 5.92 Å². The van der Waals surface area contributed by atoms with Crippen LogP contribution in [0.2, 0.25) is 0 Å². The molecule has 0 aromatic heterocycles. The first-order valence-electron chi connectivity index (χ1n) is 6.39. The number of piperidine rings is 1. The van der Waals surface area contributed by atoms with Crippen molar-refractivity contribution < 1.29 is 22.7 Å². The fourth-order valence-corrected chi connectivity index (χ4v) is 2.56. The van der Waals surface area contributed by atoms with E-state index in [1.54, 1.807) is 0 Å². The Morgan fingerprint density at radius 1 is 1.30 bits per heavy atom. The van der Waals surface area contributed by atoms with Crippen LogP contribution in [0.1, 0.15) is 23.5 Å². The molecule has 0 unspecified atom stereocenters. The van der Waals surface area contributed by atoms with E-state index in [4.69, 9.17) is 4.74 Å². The summed E-state index contributed by atoms with van der Waals surface area (Å²) in [5.74, 6) is -0.770. The van der Waals surface area contributed by atoms with Gasteiger partial charge < -0.3 is 10.1 Å². The summed E-state index contributed by atoms with van der Waals surface area (Å²) >= 11 is 0. The number of hydrogen-bond acceptors (Lipinski definition) is 3. The Bertz CT molecular complexity index is 470. The molecule has 1 aromatic carbocycles. The average molecular weight is 287 g/mol. The summed E-state index contributed by atoms with van der Waals surface area (Å²) in [5.41, 5.74) is 0.0419. The van der Waals surface area contributed by atoms with Gasteiger partial charge in [0, 0.05) is 12.5 Å². The van der Waals surface area contributed by atoms with Gasteiger partial charge in [0.05, 0.1) is 18.6 Å². The van der Waals surface area contributed by atoms with E-state index < -0.39 is 11.7 Å². The van der Waals surface area contributed by atoms with E-state index in [9.17, 15) is 18.0 Å². The first kappa shape index (κ1) is 14.8. The SMILES string of the molecule is COC(=O)[C@H]1CCNC[C@H]1c1ccc(C(F)(F)F)cc1. The zero-order chi connectivity index (χ0) is 14.8. The quantitative estimate of drug-likeness (QED) is 0.850. The monoisotopic (exact) mass is 287 g/mol. The molecule has 2 rings (SSSR count). The van der Waals surface area contributed by atoms with Crippen molar-refractivity contribution in [3.63, 3.8) is 0 Å². The molecule has 0 spiro atoms. The molecule has 0 amide bonds. The Morgan fingerprint density at radius 2 is 1.95 bits per heavy atom. The maximum absolute atomic E-state index is 12.5. The van der Waals surface area contributed by atoms with Crippen molar-refractivity contribution in [1.29, 1.82) is 0 Å². The number of alkyl halides is 3. The predicted molar refractivity (Wildman–Crippen MR) is 67.2 cm³/mol. The van der Waals surface area contributed by atoms with Gasteiger partial charge in [-0.3, -0.25) is 4.79 Å². The van der Waals surface area contributed by atoms with Gasteiger partial charge in [-0.25, -0.2) is 0 Å². The van der Waals surface area contributed by atoms with Gasteiger partial charge in [0.15, 0.2) is 0 Å². The highest BCUT2D eigenvalue weighted by Gasteiger charge is 2.34. The lowest BCUT2D eigenvalue weighted by atomic mass is 9.81. The molecule has 2 atom stereocenters. The Hall–Kier alpha value is -1.56. The van der Waals surface area contributed by atoms with Crippen molar-refractivity contribution in [3.05, 3.63) is 35.4 Å². The van der Waals surface area contributed by atoms with Gasteiger partial charge in [-0.05, 0) is 30.7 Å². The molecule has 110 valence electrons. The van der Waals surface area contributed by atoms with Gasteiger partial charge in [0.25, 0.3) is 0 Å². The fraction of sp³-hybridized carbons (Fsp3) is 0.500. The molecule has 6 heteroatoms. The van der Waals surface area contributed by atoms with Crippen LogP contribution in [0.15, 0.2) is 24.3 Å². The number of methoxy groups -OCH3 is 1. The average Bonchev–Trinajstić information content (AvgIpc) is 2.45. The van der Waals surface area contributed by atoms with Crippen molar-refractivity contribution in [2.75, 3.05) is 20.2 Å². The van der Waals surface area contributed by atoms with Gasteiger partial charge in [-0.15, -0.1) is 0 Å². The molecule has 1 fully saturated rings. The summed E-state index contributed by atoms with van der Waals surface area (Å²) < 4.78 is 42.4. The molecule has 1 N–H and O–H groups in total. The van der Waals surface area contributed by atoms with E-state index in [2.05, 4.69) is 5.32 Å². The topological polar surface area (TPSA) is 38.3 Å². The zero-order valence-corrected chi connectivity index (χ0v) is 11.0. The normalized spacial score (nSPS) is 23.4. The molecule has 3 nitrogen and oxygen atoms in total. The Balaban J connectivity index is 2.22. The first-order valence-corrected chi connectivity index (χ1v) is 6.39.